The molecule has 1 aromatic heterocycles. The van der Waals surface area contributed by atoms with Crippen molar-refractivity contribution in [3.63, 3.8) is 0 Å². The summed E-state index contributed by atoms with van der Waals surface area (Å²) < 4.78 is 16.3. The second kappa shape index (κ2) is 8.62. The van der Waals surface area contributed by atoms with E-state index in [0.29, 0.717) is 5.69 Å². The van der Waals surface area contributed by atoms with Crippen LogP contribution >= 0.6 is 22.6 Å². The minimum Gasteiger partial charge on any atom is -0.321 e. The zero-order valence-electron chi connectivity index (χ0n) is 16.3. The summed E-state index contributed by atoms with van der Waals surface area (Å²) in [4.78, 5) is 12.5. The maximum atomic E-state index is 13.0. The molecule has 0 atom stereocenters. The molecule has 1 amide bonds. The molecule has 2 aromatic carbocycles. The number of hydrogen-bond acceptors (Lipinski definition) is 2. The van der Waals surface area contributed by atoms with E-state index < -0.39 is 11.7 Å². The third kappa shape index (κ3) is 4.57. The van der Waals surface area contributed by atoms with Crippen LogP contribution in [0, 0.1) is 41.5 Å². The number of aromatic nitrogens is 1. The first-order valence-corrected chi connectivity index (χ1v) is 10.0. The molecule has 29 heavy (non-hydrogen) atoms. The van der Waals surface area contributed by atoms with E-state index in [9.17, 15) is 14.4 Å². The Morgan fingerprint density at radius 1 is 1.14 bits per heavy atom. The molecule has 146 valence electrons. The summed E-state index contributed by atoms with van der Waals surface area (Å²) in [5.74, 6) is -0.925. The molecule has 3 rings (SSSR count). The highest BCUT2D eigenvalue weighted by Crippen LogP contribution is 2.25. The molecular weight excluding hydrogens is 480 g/mol. The Balaban J connectivity index is 1.94. The Labute approximate surface area is 182 Å². The van der Waals surface area contributed by atoms with Gasteiger partial charge in [0.2, 0.25) is 0 Å². The first-order valence-electron chi connectivity index (χ1n) is 8.94. The smallest absolute Gasteiger partial charge is 0.266 e. The van der Waals surface area contributed by atoms with Crippen molar-refractivity contribution < 1.29 is 9.18 Å². The van der Waals surface area contributed by atoms with E-state index in [1.807, 2.05) is 26.0 Å². The lowest BCUT2D eigenvalue weighted by Crippen LogP contribution is -2.13. The molecule has 1 N–H and O–H groups in total. The number of nitrogens with zero attached hydrogens (tertiary/aromatic N) is 2. The third-order valence-corrected chi connectivity index (χ3v) is 5.85. The van der Waals surface area contributed by atoms with Crippen molar-refractivity contribution in [2.45, 2.75) is 20.8 Å². The number of halogens is 2. The van der Waals surface area contributed by atoms with E-state index in [4.69, 9.17) is 0 Å². The van der Waals surface area contributed by atoms with E-state index in [1.165, 1.54) is 33.4 Å². The van der Waals surface area contributed by atoms with Gasteiger partial charge in [-0.25, -0.2) is 4.39 Å². The van der Waals surface area contributed by atoms with E-state index in [0.717, 1.165) is 22.6 Å². The fourth-order valence-corrected chi connectivity index (χ4v) is 3.47. The van der Waals surface area contributed by atoms with Gasteiger partial charge in [-0.15, -0.1) is 0 Å². The van der Waals surface area contributed by atoms with Crippen LogP contribution in [-0.4, -0.2) is 10.5 Å². The number of nitrogens with one attached hydrogen (secondary N) is 1. The molecule has 1 heterocycles. The number of hydrogen-bond donors (Lipinski definition) is 1. The average molecular weight is 499 g/mol. The molecule has 0 bridgehead atoms. The largest absolute Gasteiger partial charge is 0.321 e. The number of anilines is 1. The van der Waals surface area contributed by atoms with Crippen LogP contribution in [0.5, 0.6) is 0 Å². The van der Waals surface area contributed by atoms with E-state index in [-0.39, 0.29) is 5.57 Å². The Morgan fingerprint density at radius 2 is 1.83 bits per heavy atom. The number of nitriles is 1. The topological polar surface area (TPSA) is 57.8 Å². The summed E-state index contributed by atoms with van der Waals surface area (Å²) in [5.41, 5.74) is 5.36. The number of carbonyl (C=O) groups excluding carboxylic acids is 1. The van der Waals surface area contributed by atoms with Crippen molar-refractivity contribution in [3.8, 4) is 11.8 Å². The van der Waals surface area contributed by atoms with Crippen molar-refractivity contribution in [1.29, 1.82) is 5.26 Å². The van der Waals surface area contributed by atoms with Crippen LogP contribution in [0.25, 0.3) is 11.8 Å². The lowest BCUT2D eigenvalue weighted by atomic mass is 10.1. The zero-order valence-corrected chi connectivity index (χ0v) is 18.4. The molecule has 0 saturated heterocycles. The molecular formula is C23H19FIN3O. The molecule has 0 unspecified atom stereocenters. The van der Waals surface area contributed by atoms with Crippen molar-refractivity contribution in [3.05, 3.63) is 86.0 Å². The van der Waals surface area contributed by atoms with E-state index in [1.54, 1.807) is 6.08 Å². The van der Waals surface area contributed by atoms with Crippen LogP contribution in [0.1, 0.15) is 22.5 Å². The number of carbonyl (C=O) groups is 1. The van der Waals surface area contributed by atoms with Gasteiger partial charge in [-0.1, -0.05) is 0 Å². The van der Waals surface area contributed by atoms with Gasteiger partial charge in [-0.2, -0.15) is 5.26 Å². The predicted molar refractivity (Wildman–Crippen MR) is 121 cm³/mol. The van der Waals surface area contributed by atoms with Gasteiger partial charge in [0, 0.05) is 26.3 Å². The Bertz CT molecular complexity index is 1150. The molecule has 6 heteroatoms. The summed E-state index contributed by atoms with van der Waals surface area (Å²) in [7, 11) is 0. The zero-order chi connectivity index (χ0) is 21.1. The van der Waals surface area contributed by atoms with Crippen LogP contribution < -0.4 is 5.32 Å². The van der Waals surface area contributed by atoms with E-state index in [2.05, 4.69) is 57.6 Å². The summed E-state index contributed by atoms with van der Waals surface area (Å²) in [6.07, 6.45) is 1.58. The van der Waals surface area contributed by atoms with Crippen LogP contribution in [0.2, 0.25) is 0 Å². The normalized spacial score (nSPS) is 11.2. The maximum absolute atomic E-state index is 13.0. The lowest BCUT2D eigenvalue weighted by Gasteiger charge is -2.11. The standard InChI is InChI=1S/C23H19FIN3O/c1-14-10-21(8-9-22(14)25)28-15(2)11-17(16(28)3)12-18(13-26)23(29)27-20-6-4-19(24)5-7-20/h4-12H,1-3H3,(H,27,29)/b18-12+. The average Bonchev–Trinajstić information content (AvgIpc) is 2.97. The van der Waals surface area contributed by atoms with Crippen LogP contribution in [0.3, 0.4) is 0 Å². The van der Waals surface area contributed by atoms with Gasteiger partial charge in [0.25, 0.3) is 5.91 Å². The molecule has 0 radical (unpaired) electrons. The second-order valence-corrected chi connectivity index (χ2v) is 7.89. The highest BCUT2D eigenvalue weighted by molar-refractivity contribution is 14.1. The van der Waals surface area contributed by atoms with Crippen molar-refractivity contribution in [1.82, 2.24) is 4.57 Å². The molecule has 4 nitrogen and oxygen atoms in total. The highest BCUT2D eigenvalue weighted by Gasteiger charge is 2.14. The number of benzene rings is 2. The summed E-state index contributed by atoms with van der Waals surface area (Å²) in [6, 6.07) is 15.5. The second-order valence-electron chi connectivity index (χ2n) is 6.73. The van der Waals surface area contributed by atoms with Gasteiger partial charge >= 0.3 is 0 Å². The van der Waals surface area contributed by atoms with Gasteiger partial charge in [-0.05, 0) is 109 Å². The number of aryl methyl sites for hydroxylation is 2. The molecule has 0 aliphatic rings. The van der Waals surface area contributed by atoms with Crippen molar-refractivity contribution >= 4 is 40.3 Å². The minimum absolute atomic E-state index is 0.0200. The van der Waals surface area contributed by atoms with Crippen molar-refractivity contribution in [2.24, 2.45) is 0 Å². The molecule has 0 fully saturated rings. The Kier molecular flexibility index (Phi) is 6.18. The summed E-state index contributed by atoms with van der Waals surface area (Å²) >= 11 is 2.30. The maximum Gasteiger partial charge on any atom is 0.266 e. The molecule has 3 aromatic rings. The van der Waals surface area contributed by atoms with Gasteiger partial charge in [0.05, 0.1) is 0 Å². The number of amides is 1. The van der Waals surface area contributed by atoms with Gasteiger partial charge < -0.3 is 9.88 Å². The Hall–Kier alpha value is -2.92. The van der Waals surface area contributed by atoms with E-state index >= 15 is 0 Å². The summed E-state index contributed by atoms with van der Waals surface area (Å²) in [6.45, 7) is 6.01. The first-order chi connectivity index (χ1) is 13.8. The molecule has 0 saturated carbocycles. The van der Waals surface area contributed by atoms with Gasteiger partial charge in [-0.3, -0.25) is 4.79 Å². The van der Waals surface area contributed by atoms with Gasteiger partial charge in [0.1, 0.15) is 17.5 Å². The highest BCUT2D eigenvalue weighted by atomic mass is 127. The van der Waals surface area contributed by atoms with Crippen LogP contribution in [0.15, 0.2) is 54.1 Å². The van der Waals surface area contributed by atoms with Gasteiger partial charge in [0.15, 0.2) is 0 Å². The quantitative estimate of drug-likeness (QED) is 0.285. The monoisotopic (exact) mass is 499 g/mol. The SMILES string of the molecule is Cc1cc(-n2c(C)cc(/C=C(\C#N)C(=O)Nc3ccc(F)cc3)c2C)ccc1I. The van der Waals surface area contributed by atoms with Crippen LogP contribution in [-0.2, 0) is 4.79 Å². The predicted octanol–water partition coefficient (Wildman–Crippen LogP) is 5.69. The minimum atomic E-state index is -0.533. The first kappa shape index (κ1) is 20.8. The Morgan fingerprint density at radius 3 is 2.45 bits per heavy atom. The molecule has 0 spiro atoms. The third-order valence-electron chi connectivity index (χ3n) is 4.64. The fourth-order valence-electron chi connectivity index (χ4n) is 3.13. The number of rotatable bonds is 4. The molecule has 0 aliphatic carbocycles. The van der Waals surface area contributed by atoms with Crippen molar-refractivity contribution in [2.75, 3.05) is 5.32 Å². The molecule has 0 aliphatic heterocycles. The summed E-state index contributed by atoms with van der Waals surface area (Å²) in [5, 5.41) is 12.1. The fraction of sp³-hybridized carbons (Fsp3) is 0.130. The van der Waals surface area contributed by atoms with Crippen LogP contribution in [0.4, 0.5) is 10.1 Å². The lowest BCUT2D eigenvalue weighted by molar-refractivity contribution is -0.112.